The summed E-state index contributed by atoms with van der Waals surface area (Å²) in [4.78, 5) is 16.5. The summed E-state index contributed by atoms with van der Waals surface area (Å²) in [5.41, 5.74) is 3.63. The summed E-state index contributed by atoms with van der Waals surface area (Å²) in [5.74, 6) is 0.643. The molecular weight excluding hydrogens is 266 g/mol. The monoisotopic (exact) mass is 283 g/mol. The number of aryl methyl sites for hydroxylation is 2. The first-order valence-corrected chi connectivity index (χ1v) is 8.00. The van der Waals surface area contributed by atoms with Gasteiger partial charge in [0.15, 0.2) is 5.78 Å². The molecule has 2 nitrogen and oxygen atoms in total. The van der Waals surface area contributed by atoms with Crippen molar-refractivity contribution in [1.29, 1.82) is 0 Å². The summed E-state index contributed by atoms with van der Waals surface area (Å²) in [5, 5.41) is 0.902. The average Bonchev–Trinajstić information content (AvgIpc) is 2.53. The highest BCUT2D eigenvalue weighted by Gasteiger charge is 2.13. The SMILES string of the molecule is O=C(CSc1ccccn1)c1ccc2c(c1)CCCC2. The Morgan fingerprint density at radius 3 is 2.75 bits per heavy atom. The molecule has 0 bridgehead atoms. The first-order chi connectivity index (χ1) is 9.83. The summed E-state index contributed by atoms with van der Waals surface area (Å²) in [6, 6.07) is 12.0. The number of nitrogens with zero attached hydrogens (tertiary/aromatic N) is 1. The molecule has 0 N–H and O–H groups in total. The van der Waals surface area contributed by atoms with E-state index in [0.717, 1.165) is 23.4 Å². The van der Waals surface area contributed by atoms with Gasteiger partial charge in [0.2, 0.25) is 0 Å². The number of carbonyl (C=O) groups is 1. The second-order valence-electron chi connectivity index (χ2n) is 5.07. The molecule has 0 aliphatic heterocycles. The van der Waals surface area contributed by atoms with Gasteiger partial charge < -0.3 is 0 Å². The maximum atomic E-state index is 12.3. The second-order valence-corrected chi connectivity index (χ2v) is 6.07. The predicted molar refractivity (Wildman–Crippen MR) is 82.4 cm³/mol. The van der Waals surface area contributed by atoms with Gasteiger partial charge in [-0.05, 0) is 55.0 Å². The molecule has 102 valence electrons. The predicted octanol–water partition coefficient (Wildman–Crippen LogP) is 3.94. The van der Waals surface area contributed by atoms with Gasteiger partial charge in [-0.1, -0.05) is 30.0 Å². The van der Waals surface area contributed by atoms with Crippen LogP contribution in [0.3, 0.4) is 0 Å². The van der Waals surface area contributed by atoms with Crippen LogP contribution in [0, 0.1) is 0 Å². The number of rotatable bonds is 4. The van der Waals surface area contributed by atoms with Crippen molar-refractivity contribution in [3.05, 3.63) is 59.3 Å². The van der Waals surface area contributed by atoms with Gasteiger partial charge in [-0.2, -0.15) is 0 Å². The van der Waals surface area contributed by atoms with E-state index in [9.17, 15) is 4.79 Å². The van der Waals surface area contributed by atoms with Crippen LogP contribution in [0.5, 0.6) is 0 Å². The van der Waals surface area contributed by atoms with E-state index in [4.69, 9.17) is 0 Å². The molecule has 1 aromatic carbocycles. The molecule has 1 aliphatic rings. The number of aromatic nitrogens is 1. The highest BCUT2D eigenvalue weighted by molar-refractivity contribution is 7.99. The normalized spacial score (nSPS) is 13.8. The molecule has 3 heteroatoms. The van der Waals surface area contributed by atoms with Crippen LogP contribution in [-0.2, 0) is 12.8 Å². The lowest BCUT2D eigenvalue weighted by Crippen LogP contribution is -2.07. The van der Waals surface area contributed by atoms with Gasteiger partial charge in [-0.3, -0.25) is 4.79 Å². The topological polar surface area (TPSA) is 30.0 Å². The van der Waals surface area contributed by atoms with Gasteiger partial charge in [0.05, 0.1) is 10.8 Å². The van der Waals surface area contributed by atoms with Crippen LogP contribution in [-0.4, -0.2) is 16.5 Å². The van der Waals surface area contributed by atoms with E-state index in [1.807, 2.05) is 24.3 Å². The Hall–Kier alpha value is -1.61. The van der Waals surface area contributed by atoms with Crippen molar-refractivity contribution in [2.45, 2.75) is 30.7 Å². The molecule has 0 fully saturated rings. The first-order valence-electron chi connectivity index (χ1n) is 7.02. The van der Waals surface area contributed by atoms with Crippen molar-refractivity contribution in [2.24, 2.45) is 0 Å². The lowest BCUT2D eigenvalue weighted by Gasteiger charge is -2.16. The van der Waals surface area contributed by atoms with Crippen LogP contribution in [0.2, 0.25) is 0 Å². The fourth-order valence-electron chi connectivity index (χ4n) is 2.56. The standard InChI is InChI=1S/C17H17NOS/c19-16(12-20-17-7-3-4-10-18-17)15-9-8-13-5-1-2-6-14(13)11-15/h3-4,7-11H,1-2,5-6,12H2. The molecule has 0 saturated carbocycles. The zero-order valence-electron chi connectivity index (χ0n) is 11.3. The minimum Gasteiger partial charge on any atom is -0.293 e. The molecule has 0 saturated heterocycles. The molecular formula is C17H17NOS. The Labute approximate surface area is 123 Å². The van der Waals surface area contributed by atoms with E-state index >= 15 is 0 Å². The summed E-state index contributed by atoms with van der Waals surface area (Å²) in [6.45, 7) is 0. The third-order valence-corrected chi connectivity index (χ3v) is 4.60. The second kappa shape index (κ2) is 6.23. The Morgan fingerprint density at radius 1 is 1.10 bits per heavy atom. The van der Waals surface area contributed by atoms with Gasteiger partial charge in [-0.15, -0.1) is 0 Å². The van der Waals surface area contributed by atoms with Gasteiger partial charge in [0.25, 0.3) is 0 Å². The number of Topliss-reactive ketones (excluding diaryl/α,β-unsaturated/α-hetero) is 1. The molecule has 1 aliphatic carbocycles. The minimum atomic E-state index is 0.189. The third kappa shape index (κ3) is 3.10. The smallest absolute Gasteiger partial charge is 0.173 e. The lowest BCUT2D eigenvalue weighted by molar-refractivity contribution is 0.102. The fourth-order valence-corrected chi connectivity index (χ4v) is 3.32. The number of thioether (sulfide) groups is 1. The molecule has 0 amide bonds. The van der Waals surface area contributed by atoms with Gasteiger partial charge >= 0.3 is 0 Å². The van der Waals surface area contributed by atoms with Crippen molar-refractivity contribution < 1.29 is 4.79 Å². The number of hydrogen-bond donors (Lipinski definition) is 0. The van der Waals surface area contributed by atoms with Crippen molar-refractivity contribution in [3.63, 3.8) is 0 Å². The molecule has 2 aromatic rings. The molecule has 0 radical (unpaired) electrons. The van der Waals surface area contributed by atoms with Crippen LogP contribution in [0.25, 0.3) is 0 Å². The molecule has 1 aromatic heterocycles. The zero-order chi connectivity index (χ0) is 13.8. The summed E-state index contributed by atoms with van der Waals surface area (Å²) in [7, 11) is 0. The quantitative estimate of drug-likeness (QED) is 0.629. The van der Waals surface area contributed by atoms with E-state index in [1.54, 1.807) is 6.20 Å². The summed E-state index contributed by atoms with van der Waals surface area (Å²) >= 11 is 1.50. The van der Waals surface area contributed by atoms with Gasteiger partial charge in [0.1, 0.15) is 0 Å². The maximum absolute atomic E-state index is 12.3. The largest absolute Gasteiger partial charge is 0.293 e. The molecule has 0 atom stereocenters. The number of pyridine rings is 1. The van der Waals surface area contributed by atoms with Crippen LogP contribution >= 0.6 is 11.8 Å². The lowest BCUT2D eigenvalue weighted by atomic mass is 9.90. The Bertz CT molecular complexity index is 610. The highest BCUT2D eigenvalue weighted by atomic mass is 32.2. The van der Waals surface area contributed by atoms with E-state index in [-0.39, 0.29) is 5.78 Å². The van der Waals surface area contributed by atoms with Crippen molar-refractivity contribution in [1.82, 2.24) is 4.98 Å². The van der Waals surface area contributed by atoms with E-state index in [2.05, 4.69) is 17.1 Å². The molecule has 3 rings (SSSR count). The number of hydrogen-bond acceptors (Lipinski definition) is 3. The third-order valence-electron chi connectivity index (χ3n) is 3.66. The van der Waals surface area contributed by atoms with Crippen molar-refractivity contribution in [2.75, 3.05) is 5.75 Å². The summed E-state index contributed by atoms with van der Waals surface area (Å²) < 4.78 is 0. The Kier molecular flexibility index (Phi) is 4.16. The zero-order valence-corrected chi connectivity index (χ0v) is 12.2. The Balaban J connectivity index is 1.68. The van der Waals surface area contributed by atoms with Crippen molar-refractivity contribution in [3.8, 4) is 0 Å². The van der Waals surface area contributed by atoms with E-state index in [1.165, 1.54) is 35.7 Å². The van der Waals surface area contributed by atoms with Crippen molar-refractivity contribution >= 4 is 17.5 Å². The average molecular weight is 283 g/mol. The first kappa shape index (κ1) is 13.4. The fraction of sp³-hybridized carbons (Fsp3) is 0.294. The number of fused-ring (bicyclic) bond motifs is 1. The van der Waals surface area contributed by atoms with Crippen LogP contribution in [0.4, 0.5) is 0 Å². The number of benzene rings is 1. The van der Waals surface area contributed by atoms with Crippen LogP contribution in [0.15, 0.2) is 47.6 Å². The number of carbonyl (C=O) groups excluding carboxylic acids is 1. The van der Waals surface area contributed by atoms with E-state index in [0.29, 0.717) is 5.75 Å². The van der Waals surface area contributed by atoms with Gasteiger partial charge in [0, 0.05) is 11.8 Å². The highest BCUT2D eigenvalue weighted by Crippen LogP contribution is 2.23. The molecule has 0 spiro atoms. The van der Waals surface area contributed by atoms with Crippen LogP contribution < -0.4 is 0 Å². The van der Waals surface area contributed by atoms with E-state index < -0.39 is 0 Å². The van der Waals surface area contributed by atoms with Gasteiger partial charge in [-0.25, -0.2) is 4.98 Å². The van der Waals surface area contributed by atoms with Crippen LogP contribution in [0.1, 0.15) is 34.3 Å². The summed E-state index contributed by atoms with van der Waals surface area (Å²) in [6.07, 6.45) is 6.55. The number of ketones is 1. The Morgan fingerprint density at radius 2 is 1.95 bits per heavy atom. The maximum Gasteiger partial charge on any atom is 0.173 e. The molecule has 0 unspecified atom stereocenters. The minimum absolute atomic E-state index is 0.189. The molecule has 1 heterocycles. The molecule has 20 heavy (non-hydrogen) atoms.